The van der Waals surface area contributed by atoms with Crippen molar-refractivity contribution >= 4 is 0 Å². The van der Waals surface area contributed by atoms with Gasteiger partial charge in [0, 0.05) is 18.3 Å². The van der Waals surface area contributed by atoms with Gasteiger partial charge >= 0.3 is 0 Å². The Labute approximate surface area is 77.3 Å². The highest BCUT2D eigenvalue weighted by Gasteiger charge is 2.24. The van der Waals surface area contributed by atoms with E-state index in [4.69, 9.17) is 5.73 Å². The third-order valence-corrected chi connectivity index (χ3v) is 2.58. The zero-order chi connectivity index (χ0) is 9.42. The Kier molecular flexibility index (Phi) is 2.07. The molecule has 2 rings (SSSR count). The van der Waals surface area contributed by atoms with Gasteiger partial charge in [0.25, 0.3) is 0 Å². The van der Waals surface area contributed by atoms with Crippen LogP contribution in [-0.2, 0) is 7.05 Å². The van der Waals surface area contributed by atoms with Gasteiger partial charge in [-0.15, -0.1) is 0 Å². The SMILES string of the molecule is Cc1c(C2CC(N)NN2)cnn1C. The summed E-state index contributed by atoms with van der Waals surface area (Å²) in [5, 5.41) is 4.19. The second-order valence-corrected chi connectivity index (χ2v) is 3.49. The van der Waals surface area contributed by atoms with E-state index in [2.05, 4.69) is 22.9 Å². The molecule has 1 fully saturated rings. The van der Waals surface area contributed by atoms with E-state index in [0.29, 0.717) is 6.04 Å². The van der Waals surface area contributed by atoms with E-state index in [1.54, 1.807) is 0 Å². The molecule has 72 valence electrons. The molecule has 0 aromatic carbocycles. The van der Waals surface area contributed by atoms with Crippen LogP contribution in [0.2, 0.25) is 0 Å². The normalized spacial score (nSPS) is 28.2. The summed E-state index contributed by atoms with van der Waals surface area (Å²) in [7, 11) is 1.95. The number of hydrazine groups is 1. The third-order valence-electron chi connectivity index (χ3n) is 2.58. The van der Waals surface area contributed by atoms with Crippen molar-refractivity contribution < 1.29 is 0 Å². The third kappa shape index (κ3) is 1.46. The van der Waals surface area contributed by atoms with E-state index in [9.17, 15) is 0 Å². The number of aromatic nitrogens is 2. The molecule has 2 unspecified atom stereocenters. The molecule has 2 atom stereocenters. The zero-order valence-corrected chi connectivity index (χ0v) is 7.91. The molecular weight excluding hydrogens is 166 g/mol. The lowest BCUT2D eigenvalue weighted by atomic mass is 10.1. The lowest BCUT2D eigenvalue weighted by Crippen LogP contribution is -2.36. The molecule has 5 heteroatoms. The molecule has 0 spiro atoms. The van der Waals surface area contributed by atoms with E-state index < -0.39 is 0 Å². The van der Waals surface area contributed by atoms with Gasteiger partial charge in [-0.3, -0.25) is 4.68 Å². The minimum atomic E-state index is 0.0459. The van der Waals surface area contributed by atoms with Crippen LogP contribution in [0.4, 0.5) is 0 Å². The Morgan fingerprint density at radius 1 is 1.62 bits per heavy atom. The first-order valence-electron chi connectivity index (χ1n) is 4.43. The van der Waals surface area contributed by atoms with Crippen molar-refractivity contribution in [2.45, 2.75) is 25.6 Å². The fourth-order valence-electron chi connectivity index (χ4n) is 1.64. The first-order chi connectivity index (χ1) is 6.18. The Hall–Kier alpha value is -0.910. The standard InChI is InChI=1S/C8H15N5/c1-5-6(4-10-13(5)2)7-3-8(9)12-11-7/h4,7-8,11-12H,3,9H2,1-2H3. The Balaban J connectivity index is 2.21. The highest BCUT2D eigenvalue weighted by Crippen LogP contribution is 2.22. The topological polar surface area (TPSA) is 67.9 Å². The molecule has 0 radical (unpaired) electrons. The van der Waals surface area contributed by atoms with Crippen molar-refractivity contribution in [2.24, 2.45) is 12.8 Å². The van der Waals surface area contributed by atoms with Gasteiger partial charge in [0.1, 0.15) is 0 Å². The number of nitrogens with two attached hydrogens (primary N) is 1. The van der Waals surface area contributed by atoms with Crippen LogP contribution in [0, 0.1) is 6.92 Å². The average Bonchev–Trinajstić information content (AvgIpc) is 2.62. The zero-order valence-electron chi connectivity index (χ0n) is 7.91. The number of hydrogen-bond acceptors (Lipinski definition) is 4. The largest absolute Gasteiger partial charge is 0.315 e. The molecular formula is C8H15N5. The first kappa shape index (κ1) is 8.68. The molecule has 1 aliphatic rings. The van der Waals surface area contributed by atoms with Crippen LogP contribution in [-0.4, -0.2) is 15.9 Å². The molecule has 13 heavy (non-hydrogen) atoms. The lowest BCUT2D eigenvalue weighted by Gasteiger charge is -2.07. The first-order valence-corrected chi connectivity index (χ1v) is 4.43. The Bertz CT molecular complexity index is 305. The molecule has 2 heterocycles. The van der Waals surface area contributed by atoms with Crippen LogP contribution in [0.5, 0.6) is 0 Å². The highest BCUT2D eigenvalue weighted by atomic mass is 15.4. The van der Waals surface area contributed by atoms with Gasteiger partial charge in [-0.05, 0) is 13.3 Å². The van der Waals surface area contributed by atoms with Gasteiger partial charge in [-0.25, -0.2) is 10.9 Å². The molecule has 0 saturated carbocycles. The van der Waals surface area contributed by atoms with Crippen molar-refractivity contribution in [3.63, 3.8) is 0 Å². The predicted molar refractivity (Wildman–Crippen MR) is 49.5 cm³/mol. The summed E-state index contributed by atoms with van der Waals surface area (Å²) >= 11 is 0. The van der Waals surface area contributed by atoms with Gasteiger partial charge in [0.15, 0.2) is 0 Å². The molecule has 4 N–H and O–H groups in total. The number of rotatable bonds is 1. The molecule has 5 nitrogen and oxygen atoms in total. The second kappa shape index (κ2) is 3.10. The van der Waals surface area contributed by atoms with Gasteiger partial charge in [-0.1, -0.05) is 0 Å². The molecule has 0 bridgehead atoms. The fraction of sp³-hybridized carbons (Fsp3) is 0.625. The highest BCUT2D eigenvalue weighted by molar-refractivity contribution is 5.21. The van der Waals surface area contributed by atoms with E-state index in [1.165, 1.54) is 11.3 Å². The van der Waals surface area contributed by atoms with E-state index >= 15 is 0 Å². The van der Waals surface area contributed by atoms with Crippen LogP contribution in [0.15, 0.2) is 6.20 Å². The summed E-state index contributed by atoms with van der Waals surface area (Å²) in [5.74, 6) is 0. The quantitative estimate of drug-likeness (QED) is 0.549. The number of aryl methyl sites for hydroxylation is 1. The number of hydrogen-bond donors (Lipinski definition) is 3. The summed E-state index contributed by atoms with van der Waals surface area (Å²) < 4.78 is 1.88. The Morgan fingerprint density at radius 2 is 2.38 bits per heavy atom. The maximum Gasteiger partial charge on any atom is 0.0698 e. The maximum atomic E-state index is 5.72. The minimum absolute atomic E-state index is 0.0459. The van der Waals surface area contributed by atoms with E-state index in [-0.39, 0.29) is 6.17 Å². The number of nitrogens with one attached hydrogen (secondary N) is 2. The van der Waals surface area contributed by atoms with Crippen LogP contribution in [0.3, 0.4) is 0 Å². The van der Waals surface area contributed by atoms with Crippen LogP contribution in [0.1, 0.15) is 23.7 Å². The van der Waals surface area contributed by atoms with Gasteiger partial charge in [0.05, 0.1) is 18.4 Å². The minimum Gasteiger partial charge on any atom is -0.315 e. The second-order valence-electron chi connectivity index (χ2n) is 3.49. The van der Waals surface area contributed by atoms with Crippen molar-refractivity contribution in [1.29, 1.82) is 0 Å². The summed E-state index contributed by atoms with van der Waals surface area (Å²) in [5.41, 5.74) is 14.3. The molecule has 1 aromatic heterocycles. The van der Waals surface area contributed by atoms with Gasteiger partial charge in [0.2, 0.25) is 0 Å². The van der Waals surface area contributed by atoms with Crippen LogP contribution < -0.4 is 16.6 Å². The Morgan fingerprint density at radius 3 is 2.85 bits per heavy atom. The van der Waals surface area contributed by atoms with Crippen LogP contribution >= 0.6 is 0 Å². The van der Waals surface area contributed by atoms with E-state index in [1.807, 2.05) is 17.9 Å². The van der Waals surface area contributed by atoms with Crippen molar-refractivity contribution in [3.8, 4) is 0 Å². The van der Waals surface area contributed by atoms with Crippen molar-refractivity contribution in [1.82, 2.24) is 20.6 Å². The molecule has 0 amide bonds. The van der Waals surface area contributed by atoms with Crippen LogP contribution in [0.25, 0.3) is 0 Å². The van der Waals surface area contributed by atoms with Crippen molar-refractivity contribution in [2.75, 3.05) is 0 Å². The summed E-state index contributed by atoms with van der Waals surface area (Å²) in [6.07, 6.45) is 2.85. The fourth-order valence-corrected chi connectivity index (χ4v) is 1.64. The maximum absolute atomic E-state index is 5.72. The van der Waals surface area contributed by atoms with Crippen molar-refractivity contribution in [3.05, 3.63) is 17.5 Å². The summed E-state index contributed by atoms with van der Waals surface area (Å²) in [6.45, 7) is 2.06. The molecule has 0 aliphatic carbocycles. The molecule has 1 saturated heterocycles. The number of nitrogens with zero attached hydrogens (tertiary/aromatic N) is 2. The monoisotopic (exact) mass is 181 g/mol. The average molecular weight is 181 g/mol. The van der Waals surface area contributed by atoms with Gasteiger partial charge in [-0.2, -0.15) is 5.10 Å². The lowest BCUT2D eigenvalue weighted by molar-refractivity contribution is 0.550. The molecule has 1 aliphatic heterocycles. The molecule has 1 aromatic rings. The van der Waals surface area contributed by atoms with E-state index in [0.717, 1.165) is 6.42 Å². The summed E-state index contributed by atoms with van der Waals surface area (Å²) in [6, 6.07) is 0.295. The van der Waals surface area contributed by atoms with Gasteiger partial charge < -0.3 is 5.73 Å². The predicted octanol–water partition coefficient (Wildman–Crippen LogP) is -0.448. The summed E-state index contributed by atoms with van der Waals surface area (Å²) in [4.78, 5) is 0. The smallest absolute Gasteiger partial charge is 0.0698 e.